The number of aromatic nitrogens is 4. The number of anilines is 2. The van der Waals surface area contributed by atoms with Gasteiger partial charge >= 0.3 is 0 Å². The average molecular weight is 502 g/mol. The van der Waals surface area contributed by atoms with Gasteiger partial charge in [0.15, 0.2) is 22.8 Å². The lowest BCUT2D eigenvalue weighted by Gasteiger charge is -2.40. The first-order valence-corrected chi connectivity index (χ1v) is 13.7. The fourth-order valence-corrected chi connectivity index (χ4v) is 6.08. The van der Waals surface area contributed by atoms with E-state index in [4.69, 9.17) is 4.98 Å². The van der Waals surface area contributed by atoms with Crippen LogP contribution >= 0.6 is 0 Å². The lowest BCUT2D eigenvalue weighted by atomic mass is 9.96. The first kappa shape index (κ1) is 23.9. The minimum absolute atomic E-state index is 0.0272. The quantitative estimate of drug-likeness (QED) is 0.507. The Balaban J connectivity index is 1.12. The zero-order chi connectivity index (χ0) is 25.4. The van der Waals surface area contributed by atoms with E-state index in [-0.39, 0.29) is 17.6 Å². The number of hydrogen-bond acceptors (Lipinski definition) is 7. The molecule has 37 heavy (non-hydrogen) atoms. The zero-order valence-electron chi connectivity index (χ0n) is 21.6. The van der Waals surface area contributed by atoms with Crippen LogP contribution < -0.4 is 9.80 Å². The molecule has 3 aromatic rings. The first-order chi connectivity index (χ1) is 18.1. The Bertz CT molecular complexity index is 1290. The standard InChI is InChI=1S/C28H35N7O2/c1-20(36)21-8-10-23(11-9-21)32-14-16-33(17-15-32)28(37)22-6-5-12-34(18-22)26-25-27(30-19-29-26)35-13-4-2-3-7-24(35)31-25/h8-11,19,22H,2-7,12-18H2,1H3/t22-/m0/s1. The van der Waals surface area contributed by atoms with Crippen molar-refractivity contribution in [3.05, 3.63) is 42.0 Å². The summed E-state index contributed by atoms with van der Waals surface area (Å²) in [6, 6.07) is 7.78. The monoisotopic (exact) mass is 501 g/mol. The molecule has 3 aliphatic rings. The average Bonchev–Trinajstić information content (AvgIpc) is 3.13. The van der Waals surface area contributed by atoms with Crippen LogP contribution in [0.25, 0.3) is 11.2 Å². The highest BCUT2D eigenvalue weighted by molar-refractivity contribution is 5.94. The Morgan fingerprint density at radius 2 is 1.68 bits per heavy atom. The number of benzene rings is 1. The van der Waals surface area contributed by atoms with Crippen molar-refractivity contribution in [3.63, 3.8) is 0 Å². The van der Waals surface area contributed by atoms with E-state index >= 15 is 0 Å². The molecule has 6 rings (SSSR count). The largest absolute Gasteiger partial charge is 0.368 e. The predicted octanol–water partition coefficient (Wildman–Crippen LogP) is 3.32. The van der Waals surface area contributed by atoms with Gasteiger partial charge in [-0.3, -0.25) is 9.59 Å². The normalized spacial score (nSPS) is 20.6. The van der Waals surface area contributed by atoms with Crippen molar-refractivity contribution in [1.82, 2.24) is 24.4 Å². The molecule has 0 saturated carbocycles. The molecule has 0 radical (unpaired) electrons. The van der Waals surface area contributed by atoms with Gasteiger partial charge in [-0.1, -0.05) is 6.42 Å². The van der Waals surface area contributed by atoms with Gasteiger partial charge < -0.3 is 19.3 Å². The molecule has 194 valence electrons. The number of piperazine rings is 1. The van der Waals surface area contributed by atoms with Gasteiger partial charge in [-0.2, -0.15) is 0 Å². The van der Waals surface area contributed by atoms with Gasteiger partial charge in [-0.05, 0) is 56.9 Å². The lowest BCUT2D eigenvalue weighted by molar-refractivity contribution is -0.136. The molecule has 0 spiro atoms. The number of imidazole rings is 1. The molecule has 2 fully saturated rings. The second-order valence-corrected chi connectivity index (χ2v) is 10.6. The number of nitrogens with zero attached hydrogens (tertiary/aromatic N) is 7. The summed E-state index contributed by atoms with van der Waals surface area (Å²) in [5, 5.41) is 0. The molecule has 1 aromatic carbocycles. The van der Waals surface area contributed by atoms with E-state index in [9.17, 15) is 9.59 Å². The van der Waals surface area contributed by atoms with Crippen molar-refractivity contribution in [1.29, 1.82) is 0 Å². The number of hydrogen-bond donors (Lipinski definition) is 0. The molecule has 5 heterocycles. The Kier molecular flexibility index (Phi) is 6.52. The van der Waals surface area contributed by atoms with Gasteiger partial charge in [0.05, 0.1) is 5.92 Å². The van der Waals surface area contributed by atoms with Crippen LogP contribution in [0.2, 0.25) is 0 Å². The highest BCUT2D eigenvalue weighted by Crippen LogP contribution is 2.30. The maximum atomic E-state index is 13.5. The summed E-state index contributed by atoms with van der Waals surface area (Å²) < 4.78 is 2.27. The second kappa shape index (κ2) is 10.1. The summed E-state index contributed by atoms with van der Waals surface area (Å²) in [5.41, 5.74) is 3.65. The van der Waals surface area contributed by atoms with Crippen LogP contribution in [-0.2, 0) is 17.8 Å². The molecule has 0 aliphatic carbocycles. The first-order valence-electron chi connectivity index (χ1n) is 13.7. The molecule has 2 aromatic heterocycles. The summed E-state index contributed by atoms with van der Waals surface area (Å²) in [7, 11) is 0. The van der Waals surface area contributed by atoms with Crippen molar-refractivity contribution >= 4 is 34.4 Å². The van der Waals surface area contributed by atoms with E-state index in [0.717, 1.165) is 99.0 Å². The van der Waals surface area contributed by atoms with Gasteiger partial charge in [0.1, 0.15) is 12.2 Å². The molecule has 3 aliphatic heterocycles. The predicted molar refractivity (Wildman–Crippen MR) is 143 cm³/mol. The molecule has 1 amide bonds. The molecule has 1 atom stereocenters. The van der Waals surface area contributed by atoms with Crippen LogP contribution in [0.1, 0.15) is 55.2 Å². The Morgan fingerprint density at radius 1 is 0.865 bits per heavy atom. The molecule has 0 bridgehead atoms. The van der Waals surface area contributed by atoms with Crippen LogP contribution in [0.15, 0.2) is 30.6 Å². The van der Waals surface area contributed by atoms with Crippen LogP contribution in [0.3, 0.4) is 0 Å². The van der Waals surface area contributed by atoms with Gasteiger partial charge in [0.2, 0.25) is 5.91 Å². The molecule has 2 saturated heterocycles. The molecule has 9 nitrogen and oxygen atoms in total. The minimum atomic E-state index is -0.0272. The van der Waals surface area contributed by atoms with Crippen LogP contribution in [0, 0.1) is 5.92 Å². The summed E-state index contributed by atoms with van der Waals surface area (Å²) >= 11 is 0. The van der Waals surface area contributed by atoms with E-state index < -0.39 is 0 Å². The van der Waals surface area contributed by atoms with Crippen LogP contribution in [0.5, 0.6) is 0 Å². The maximum absolute atomic E-state index is 13.5. The number of ketones is 1. The van der Waals surface area contributed by atoms with E-state index in [1.165, 1.54) is 12.8 Å². The van der Waals surface area contributed by atoms with E-state index in [2.05, 4.69) is 24.3 Å². The minimum Gasteiger partial charge on any atom is -0.368 e. The second-order valence-electron chi connectivity index (χ2n) is 10.6. The third-order valence-corrected chi connectivity index (χ3v) is 8.17. The Hall–Kier alpha value is -3.49. The summed E-state index contributed by atoms with van der Waals surface area (Å²) in [5.74, 6) is 2.30. The van der Waals surface area contributed by atoms with Gasteiger partial charge in [-0.15, -0.1) is 0 Å². The van der Waals surface area contributed by atoms with Crippen molar-refractivity contribution in [3.8, 4) is 0 Å². The zero-order valence-corrected chi connectivity index (χ0v) is 21.6. The summed E-state index contributed by atoms with van der Waals surface area (Å²) in [6.07, 6.45) is 8.10. The number of carbonyl (C=O) groups is 2. The molecular weight excluding hydrogens is 466 g/mol. The maximum Gasteiger partial charge on any atom is 0.227 e. The third kappa shape index (κ3) is 4.67. The number of Topliss-reactive ketones (excluding diaryl/α,β-unsaturated/α-hetero) is 1. The number of carbonyl (C=O) groups excluding carboxylic acids is 2. The van der Waals surface area contributed by atoms with Gasteiger partial charge in [0, 0.05) is 63.5 Å². The molecular formula is C28H35N7O2. The highest BCUT2D eigenvalue weighted by atomic mass is 16.2. The smallest absolute Gasteiger partial charge is 0.227 e. The summed E-state index contributed by atoms with van der Waals surface area (Å²) in [6.45, 7) is 7.16. The Labute approximate surface area is 217 Å². The highest BCUT2D eigenvalue weighted by Gasteiger charge is 2.33. The van der Waals surface area contributed by atoms with Crippen molar-refractivity contribution in [2.45, 2.75) is 52.0 Å². The van der Waals surface area contributed by atoms with Gasteiger partial charge in [-0.25, -0.2) is 15.0 Å². The van der Waals surface area contributed by atoms with Crippen molar-refractivity contribution < 1.29 is 9.59 Å². The fourth-order valence-electron chi connectivity index (χ4n) is 6.08. The molecule has 0 N–H and O–H groups in total. The number of piperidine rings is 1. The van der Waals surface area contributed by atoms with Gasteiger partial charge in [0.25, 0.3) is 0 Å². The number of amides is 1. The van der Waals surface area contributed by atoms with E-state index in [1.54, 1.807) is 13.3 Å². The molecule has 0 unspecified atom stereocenters. The Morgan fingerprint density at radius 3 is 2.46 bits per heavy atom. The van der Waals surface area contributed by atoms with Crippen molar-refractivity contribution in [2.24, 2.45) is 5.92 Å². The number of aryl methyl sites for hydroxylation is 2. The fraction of sp³-hybridized carbons (Fsp3) is 0.536. The van der Waals surface area contributed by atoms with E-state index in [1.807, 2.05) is 29.2 Å². The molecule has 9 heteroatoms. The topological polar surface area (TPSA) is 87.5 Å². The van der Waals surface area contributed by atoms with Crippen molar-refractivity contribution in [2.75, 3.05) is 49.1 Å². The number of fused-ring (bicyclic) bond motifs is 3. The van der Waals surface area contributed by atoms with E-state index in [0.29, 0.717) is 6.54 Å². The van der Waals surface area contributed by atoms with Crippen LogP contribution in [0.4, 0.5) is 11.5 Å². The SMILES string of the molecule is CC(=O)c1ccc(N2CCN(C(=O)[C@H]3CCCN(c4ncnc5c4nc4n5CCCCC4)C3)CC2)cc1. The number of rotatable bonds is 4. The summed E-state index contributed by atoms with van der Waals surface area (Å²) in [4.78, 5) is 45.9. The lowest BCUT2D eigenvalue weighted by Crippen LogP contribution is -2.52. The third-order valence-electron chi connectivity index (χ3n) is 8.17. The van der Waals surface area contributed by atoms with Crippen LogP contribution in [-0.4, -0.2) is 75.4 Å².